The molecule has 2 N–H and O–H groups in total. The van der Waals surface area contributed by atoms with E-state index in [1.807, 2.05) is 13.8 Å². The first kappa shape index (κ1) is 16.3. The Kier molecular flexibility index (Phi) is 8.99. The largest absolute Gasteiger partial charge is 0.465 e. The molecule has 0 aliphatic rings. The van der Waals surface area contributed by atoms with Gasteiger partial charge in [-0.3, -0.25) is 9.69 Å². The van der Waals surface area contributed by atoms with Gasteiger partial charge in [0.25, 0.3) is 0 Å². The quantitative estimate of drug-likeness (QED) is 0.505. The summed E-state index contributed by atoms with van der Waals surface area (Å²) in [5.74, 6) is -0.140. The molecule has 0 radical (unpaired) electrons. The van der Waals surface area contributed by atoms with Crippen LogP contribution < -0.4 is 5.73 Å². The second-order valence-electron chi connectivity index (χ2n) is 3.90. The highest BCUT2D eigenvalue weighted by molar-refractivity contribution is 7.80. The second kappa shape index (κ2) is 9.36. The predicted molar refractivity (Wildman–Crippen MR) is 74.0 cm³/mol. The molecule has 1 unspecified atom stereocenters. The standard InChI is InChI=1S/C12H24N2O2S/c1-4-7-10(12(15)16-6-3)14(5-2)9-8-11(13)17/h10H,4-9H2,1-3H3,(H2,13,17). The Morgan fingerprint density at radius 2 is 2.06 bits per heavy atom. The smallest absolute Gasteiger partial charge is 0.323 e. The van der Waals surface area contributed by atoms with Crippen molar-refractivity contribution in [2.75, 3.05) is 19.7 Å². The molecule has 0 aromatic rings. The van der Waals surface area contributed by atoms with E-state index in [2.05, 4.69) is 11.8 Å². The van der Waals surface area contributed by atoms with Crippen LogP contribution in [0, 0.1) is 0 Å². The Hall–Kier alpha value is -0.680. The van der Waals surface area contributed by atoms with Crippen LogP contribution in [0.15, 0.2) is 0 Å². The van der Waals surface area contributed by atoms with Crippen molar-refractivity contribution in [2.24, 2.45) is 5.73 Å². The summed E-state index contributed by atoms with van der Waals surface area (Å²) in [5, 5.41) is 0. The third-order valence-electron chi connectivity index (χ3n) is 2.61. The van der Waals surface area contributed by atoms with E-state index >= 15 is 0 Å². The number of carbonyl (C=O) groups is 1. The van der Waals surface area contributed by atoms with Gasteiger partial charge < -0.3 is 10.5 Å². The number of nitrogens with two attached hydrogens (primary N) is 1. The zero-order valence-electron chi connectivity index (χ0n) is 11.1. The molecule has 0 aliphatic carbocycles. The molecule has 0 aromatic heterocycles. The molecule has 100 valence electrons. The highest BCUT2D eigenvalue weighted by atomic mass is 32.1. The Morgan fingerprint density at radius 1 is 1.41 bits per heavy atom. The van der Waals surface area contributed by atoms with Crippen LogP contribution in [0.3, 0.4) is 0 Å². The maximum atomic E-state index is 11.9. The van der Waals surface area contributed by atoms with Gasteiger partial charge in [0, 0.05) is 13.0 Å². The molecule has 0 spiro atoms. The van der Waals surface area contributed by atoms with Crippen LogP contribution in [0.2, 0.25) is 0 Å². The van der Waals surface area contributed by atoms with Gasteiger partial charge in [0.15, 0.2) is 0 Å². The molecule has 0 amide bonds. The molecule has 0 aromatic carbocycles. The summed E-state index contributed by atoms with van der Waals surface area (Å²) < 4.78 is 5.10. The van der Waals surface area contributed by atoms with Crippen molar-refractivity contribution in [3.05, 3.63) is 0 Å². The minimum atomic E-state index is -0.167. The number of rotatable bonds is 9. The lowest BCUT2D eigenvalue weighted by Gasteiger charge is -2.28. The van der Waals surface area contributed by atoms with Gasteiger partial charge in [-0.1, -0.05) is 32.5 Å². The van der Waals surface area contributed by atoms with Crippen molar-refractivity contribution >= 4 is 23.2 Å². The number of carbonyl (C=O) groups excluding carboxylic acids is 1. The fourth-order valence-corrected chi connectivity index (χ4v) is 1.84. The molecule has 0 rings (SSSR count). The molecule has 0 saturated heterocycles. The minimum absolute atomic E-state index is 0.140. The summed E-state index contributed by atoms with van der Waals surface area (Å²) in [6.07, 6.45) is 2.40. The van der Waals surface area contributed by atoms with Crippen molar-refractivity contribution < 1.29 is 9.53 Å². The zero-order chi connectivity index (χ0) is 13.3. The highest BCUT2D eigenvalue weighted by Crippen LogP contribution is 2.10. The molecule has 5 heteroatoms. The molecule has 0 aliphatic heterocycles. The average Bonchev–Trinajstić information content (AvgIpc) is 2.28. The van der Waals surface area contributed by atoms with Gasteiger partial charge in [-0.25, -0.2) is 0 Å². The number of nitrogens with zero attached hydrogens (tertiary/aromatic N) is 1. The summed E-state index contributed by atoms with van der Waals surface area (Å²) in [5.41, 5.74) is 5.49. The van der Waals surface area contributed by atoms with Crippen molar-refractivity contribution in [1.29, 1.82) is 0 Å². The third-order valence-corrected chi connectivity index (χ3v) is 2.82. The predicted octanol–water partition coefficient (Wildman–Crippen LogP) is 1.72. The van der Waals surface area contributed by atoms with Crippen molar-refractivity contribution in [1.82, 2.24) is 4.90 Å². The molecular formula is C12H24N2O2S. The van der Waals surface area contributed by atoms with Crippen molar-refractivity contribution in [2.45, 2.75) is 46.1 Å². The molecule has 1 atom stereocenters. The van der Waals surface area contributed by atoms with Gasteiger partial charge >= 0.3 is 5.97 Å². The molecule has 0 heterocycles. The Balaban J connectivity index is 4.49. The van der Waals surface area contributed by atoms with Crippen LogP contribution in [0.5, 0.6) is 0 Å². The van der Waals surface area contributed by atoms with E-state index in [4.69, 9.17) is 22.7 Å². The second-order valence-corrected chi connectivity index (χ2v) is 4.43. The number of ether oxygens (including phenoxy) is 1. The lowest BCUT2D eigenvalue weighted by molar-refractivity contribution is -0.149. The van der Waals surface area contributed by atoms with Gasteiger partial charge in [0.2, 0.25) is 0 Å². The maximum Gasteiger partial charge on any atom is 0.323 e. The van der Waals surface area contributed by atoms with Gasteiger partial charge in [0.1, 0.15) is 6.04 Å². The Labute approximate surface area is 109 Å². The van der Waals surface area contributed by atoms with E-state index in [0.717, 1.165) is 25.9 Å². The third kappa shape index (κ3) is 6.58. The summed E-state index contributed by atoms with van der Waals surface area (Å²) in [6.45, 7) is 7.86. The van der Waals surface area contributed by atoms with Crippen LogP contribution in [-0.2, 0) is 9.53 Å². The fourth-order valence-electron chi connectivity index (χ4n) is 1.75. The highest BCUT2D eigenvalue weighted by Gasteiger charge is 2.24. The topological polar surface area (TPSA) is 55.6 Å². The van der Waals surface area contributed by atoms with E-state index in [-0.39, 0.29) is 12.0 Å². The summed E-state index contributed by atoms with van der Waals surface area (Å²) in [6, 6.07) is -0.167. The maximum absolute atomic E-state index is 11.9. The fraction of sp³-hybridized carbons (Fsp3) is 0.833. The first-order valence-corrected chi connectivity index (χ1v) is 6.66. The van der Waals surface area contributed by atoms with E-state index in [1.54, 1.807) is 0 Å². The molecule has 0 fully saturated rings. The summed E-state index contributed by atoms with van der Waals surface area (Å²) in [4.78, 5) is 14.4. The SMILES string of the molecule is CCCC(C(=O)OCC)N(CC)CCC(N)=S. The van der Waals surface area contributed by atoms with Crippen LogP contribution in [-0.4, -0.2) is 41.6 Å². The van der Waals surface area contributed by atoms with E-state index in [0.29, 0.717) is 18.0 Å². The summed E-state index contributed by atoms with van der Waals surface area (Å²) >= 11 is 4.86. The van der Waals surface area contributed by atoms with Crippen molar-refractivity contribution in [3.8, 4) is 0 Å². The Morgan fingerprint density at radius 3 is 2.47 bits per heavy atom. The van der Waals surface area contributed by atoms with Gasteiger partial charge in [-0.2, -0.15) is 0 Å². The average molecular weight is 260 g/mol. The Bertz CT molecular complexity index is 247. The molecule has 0 saturated carbocycles. The number of thiocarbonyl (C=S) groups is 1. The lowest BCUT2D eigenvalue weighted by Crippen LogP contribution is -2.43. The zero-order valence-corrected chi connectivity index (χ0v) is 11.9. The molecule has 4 nitrogen and oxygen atoms in total. The van der Waals surface area contributed by atoms with Crippen LogP contribution in [0.1, 0.15) is 40.0 Å². The number of esters is 1. The van der Waals surface area contributed by atoms with Gasteiger partial charge in [-0.05, 0) is 19.9 Å². The molecule has 0 bridgehead atoms. The summed E-state index contributed by atoms with van der Waals surface area (Å²) in [7, 11) is 0. The molecular weight excluding hydrogens is 236 g/mol. The van der Waals surface area contributed by atoms with E-state index in [1.165, 1.54) is 0 Å². The number of hydrogen-bond acceptors (Lipinski definition) is 4. The van der Waals surface area contributed by atoms with Gasteiger partial charge in [-0.15, -0.1) is 0 Å². The minimum Gasteiger partial charge on any atom is -0.465 e. The normalized spacial score (nSPS) is 12.5. The van der Waals surface area contributed by atoms with E-state index in [9.17, 15) is 4.79 Å². The van der Waals surface area contributed by atoms with Crippen LogP contribution in [0.4, 0.5) is 0 Å². The molecule has 17 heavy (non-hydrogen) atoms. The van der Waals surface area contributed by atoms with Crippen molar-refractivity contribution in [3.63, 3.8) is 0 Å². The first-order chi connectivity index (χ1) is 8.06. The van der Waals surface area contributed by atoms with Crippen LogP contribution in [0.25, 0.3) is 0 Å². The van der Waals surface area contributed by atoms with Gasteiger partial charge in [0.05, 0.1) is 11.6 Å². The number of hydrogen-bond donors (Lipinski definition) is 1. The first-order valence-electron chi connectivity index (χ1n) is 6.25. The lowest BCUT2D eigenvalue weighted by atomic mass is 10.1. The number of likely N-dealkylation sites (N-methyl/N-ethyl adjacent to an activating group) is 1. The monoisotopic (exact) mass is 260 g/mol. The van der Waals surface area contributed by atoms with Crippen LogP contribution >= 0.6 is 12.2 Å². The van der Waals surface area contributed by atoms with E-state index < -0.39 is 0 Å².